The van der Waals surface area contributed by atoms with Crippen LogP contribution in [0.1, 0.15) is 37.3 Å². The van der Waals surface area contributed by atoms with Crippen LogP contribution in [0.15, 0.2) is 39.9 Å². The molecule has 39 heavy (non-hydrogen) atoms. The van der Waals surface area contributed by atoms with Gasteiger partial charge in [-0.3, -0.25) is 18.1 Å². The summed E-state index contributed by atoms with van der Waals surface area (Å²) in [5.74, 6) is 0.929. The molecule has 2 aromatic heterocycles. The van der Waals surface area contributed by atoms with Crippen molar-refractivity contribution in [3.63, 3.8) is 0 Å². The summed E-state index contributed by atoms with van der Waals surface area (Å²) >= 11 is 1.45. The molecule has 0 spiro atoms. The number of hydrogen-bond acceptors (Lipinski definition) is 7. The molecule has 206 valence electrons. The SMILES string of the molecule is C[Si](C)(C)CCOCn1c(=O)c2nc3c(cc(CO)cc31)OC[C@H]1CC[C@H](CC1)n1sc3c-2cccc3c1=O. The molecule has 4 aromatic rings. The van der Waals surface area contributed by atoms with Gasteiger partial charge in [-0.25, -0.2) is 4.98 Å². The molecule has 2 aliphatic heterocycles. The first-order valence-corrected chi connectivity index (χ1v) is 18.3. The number of nitrogens with zero attached hydrogens (tertiary/aromatic N) is 3. The molecule has 1 aliphatic carbocycles. The molecule has 0 radical (unpaired) electrons. The largest absolute Gasteiger partial charge is 0.491 e. The monoisotopic (exact) mass is 565 g/mol. The van der Waals surface area contributed by atoms with Crippen molar-refractivity contribution in [2.45, 2.75) is 70.7 Å². The minimum Gasteiger partial charge on any atom is -0.491 e. The molecule has 1 saturated carbocycles. The van der Waals surface area contributed by atoms with Crippen LogP contribution in [0.5, 0.6) is 5.75 Å². The summed E-state index contributed by atoms with van der Waals surface area (Å²) in [7, 11) is -1.31. The van der Waals surface area contributed by atoms with Crippen LogP contribution < -0.4 is 15.9 Å². The summed E-state index contributed by atoms with van der Waals surface area (Å²) in [6.45, 7) is 7.86. The van der Waals surface area contributed by atoms with Crippen LogP contribution in [-0.2, 0) is 18.1 Å². The molecule has 8 nitrogen and oxygen atoms in total. The molecule has 7 rings (SSSR count). The zero-order valence-corrected chi connectivity index (χ0v) is 24.6. The number of aliphatic hydroxyl groups is 1. The third-order valence-electron chi connectivity index (χ3n) is 7.99. The van der Waals surface area contributed by atoms with Gasteiger partial charge < -0.3 is 14.6 Å². The Bertz CT molecular complexity index is 1660. The lowest BCUT2D eigenvalue weighted by molar-refractivity contribution is 0.0878. The van der Waals surface area contributed by atoms with E-state index in [1.165, 1.54) is 11.5 Å². The highest BCUT2D eigenvalue weighted by atomic mass is 32.1. The average Bonchev–Trinajstić information content (AvgIpc) is 3.26. The molecular weight excluding hydrogens is 530 g/mol. The van der Waals surface area contributed by atoms with Gasteiger partial charge in [-0.05, 0) is 61.4 Å². The molecule has 6 bridgehead atoms. The van der Waals surface area contributed by atoms with E-state index in [1.807, 2.05) is 28.2 Å². The van der Waals surface area contributed by atoms with E-state index in [2.05, 4.69) is 19.6 Å². The summed E-state index contributed by atoms with van der Waals surface area (Å²) < 4.78 is 16.8. The van der Waals surface area contributed by atoms with Crippen LogP contribution in [0.25, 0.3) is 32.4 Å². The topological polar surface area (TPSA) is 95.6 Å². The van der Waals surface area contributed by atoms with Crippen molar-refractivity contribution in [3.8, 4) is 17.0 Å². The lowest BCUT2D eigenvalue weighted by Gasteiger charge is -2.28. The van der Waals surface area contributed by atoms with E-state index in [9.17, 15) is 14.7 Å². The molecule has 0 atom stereocenters. The fraction of sp³-hybridized carbons (Fsp3) is 0.483. The van der Waals surface area contributed by atoms with Gasteiger partial charge in [0.05, 0.1) is 28.8 Å². The summed E-state index contributed by atoms with van der Waals surface area (Å²) in [5, 5.41) is 10.7. The highest BCUT2D eigenvalue weighted by molar-refractivity contribution is 7.14. The molecular formula is C29H35N3O5SSi. The predicted molar refractivity (Wildman–Crippen MR) is 158 cm³/mol. The lowest BCUT2D eigenvalue weighted by Crippen LogP contribution is -2.27. The maximum Gasteiger partial charge on any atom is 0.279 e. The Morgan fingerprint density at radius 1 is 1.13 bits per heavy atom. The quantitative estimate of drug-likeness (QED) is 0.250. The molecule has 0 amide bonds. The molecule has 1 N–H and O–H groups in total. The second kappa shape index (κ2) is 10.3. The van der Waals surface area contributed by atoms with Crippen molar-refractivity contribution < 1.29 is 14.6 Å². The van der Waals surface area contributed by atoms with Crippen molar-refractivity contribution in [1.29, 1.82) is 0 Å². The van der Waals surface area contributed by atoms with E-state index in [1.54, 1.807) is 10.6 Å². The number of aliphatic hydroxyl groups excluding tert-OH is 1. The van der Waals surface area contributed by atoms with Gasteiger partial charge in [0.25, 0.3) is 11.1 Å². The van der Waals surface area contributed by atoms with E-state index in [0.717, 1.165) is 36.4 Å². The Morgan fingerprint density at radius 3 is 2.67 bits per heavy atom. The van der Waals surface area contributed by atoms with E-state index in [4.69, 9.17) is 14.5 Å². The van der Waals surface area contributed by atoms with Gasteiger partial charge in [-0.1, -0.05) is 43.3 Å². The van der Waals surface area contributed by atoms with Crippen LogP contribution in [0.2, 0.25) is 25.7 Å². The molecule has 4 heterocycles. The second-order valence-electron chi connectivity index (χ2n) is 12.1. The van der Waals surface area contributed by atoms with E-state index in [0.29, 0.717) is 52.4 Å². The first kappa shape index (κ1) is 26.4. The van der Waals surface area contributed by atoms with Crippen LogP contribution in [0.3, 0.4) is 0 Å². The smallest absolute Gasteiger partial charge is 0.279 e. The van der Waals surface area contributed by atoms with Gasteiger partial charge in [0.15, 0.2) is 0 Å². The number of rotatable bonds is 6. The van der Waals surface area contributed by atoms with Gasteiger partial charge in [-0.2, -0.15) is 0 Å². The maximum absolute atomic E-state index is 14.1. The number of aromatic nitrogens is 3. The van der Waals surface area contributed by atoms with Gasteiger partial charge >= 0.3 is 0 Å². The second-order valence-corrected chi connectivity index (χ2v) is 18.7. The zero-order chi connectivity index (χ0) is 27.3. The van der Waals surface area contributed by atoms with Gasteiger partial charge in [0, 0.05) is 26.3 Å². The van der Waals surface area contributed by atoms with Gasteiger partial charge in [0.2, 0.25) is 0 Å². The molecule has 2 aromatic carbocycles. The number of ether oxygens (including phenoxy) is 2. The minimum atomic E-state index is -1.31. The number of benzene rings is 2. The Labute approximate surface area is 232 Å². The minimum absolute atomic E-state index is 0.00972. The van der Waals surface area contributed by atoms with Gasteiger partial charge in [0.1, 0.15) is 23.7 Å². The zero-order valence-electron chi connectivity index (χ0n) is 22.7. The molecule has 0 saturated heterocycles. The standard InChI is InChI=1S/C29H35N3O5SSi/c1-39(2,3)12-11-36-17-31-23-13-19(15-33)14-24-26(23)30-25(29(31)35)21-5-4-6-22-27(21)38-32(28(22)34)20-9-7-18(8-10-20)16-37-24/h4-6,13-14,18,20,33H,7-12,15-17H2,1-3H3/t18-,20+. The summed E-state index contributed by atoms with van der Waals surface area (Å²) in [4.78, 5) is 32.5. The Morgan fingerprint density at radius 2 is 1.92 bits per heavy atom. The van der Waals surface area contributed by atoms with E-state index >= 15 is 0 Å². The maximum atomic E-state index is 14.1. The normalized spacial score (nSPS) is 19.2. The molecule has 3 aliphatic rings. The van der Waals surface area contributed by atoms with Crippen molar-refractivity contribution in [3.05, 3.63) is 56.6 Å². The number of hydrogen-bond donors (Lipinski definition) is 1. The highest BCUT2D eigenvalue weighted by Crippen LogP contribution is 2.38. The fourth-order valence-electron chi connectivity index (χ4n) is 5.65. The van der Waals surface area contributed by atoms with Crippen LogP contribution in [-0.4, -0.2) is 39.9 Å². The summed E-state index contributed by atoms with van der Waals surface area (Å²) in [6, 6.07) is 10.3. The first-order chi connectivity index (χ1) is 18.7. The molecule has 0 unspecified atom stereocenters. The highest BCUT2D eigenvalue weighted by Gasteiger charge is 2.28. The third kappa shape index (κ3) is 4.99. The van der Waals surface area contributed by atoms with E-state index < -0.39 is 8.07 Å². The van der Waals surface area contributed by atoms with Crippen LogP contribution in [0.4, 0.5) is 0 Å². The Kier molecular flexibility index (Phi) is 6.99. The Balaban J connectivity index is 1.60. The summed E-state index contributed by atoms with van der Waals surface area (Å²) in [6.07, 6.45) is 3.80. The van der Waals surface area contributed by atoms with Gasteiger partial charge in [-0.15, -0.1) is 0 Å². The third-order valence-corrected chi connectivity index (χ3v) is 11.0. The van der Waals surface area contributed by atoms with E-state index in [-0.39, 0.29) is 36.2 Å². The predicted octanol–water partition coefficient (Wildman–Crippen LogP) is 5.37. The molecule has 1 fully saturated rings. The van der Waals surface area contributed by atoms with Crippen molar-refractivity contribution in [2.75, 3.05) is 13.2 Å². The van der Waals surface area contributed by atoms with Crippen molar-refractivity contribution in [1.82, 2.24) is 13.5 Å². The van der Waals surface area contributed by atoms with Crippen molar-refractivity contribution in [2.24, 2.45) is 5.92 Å². The average molecular weight is 566 g/mol. The lowest BCUT2D eigenvalue weighted by atomic mass is 9.87. The first-order valence-electron chi connectivity index (χ1n) is 13.8. The Hall–Kier alpha value is -2.79. The van der Waals surface area contributed by atoms with Crippen LogP contribution >= 0.6 is 11.5 Å². The fourth-order valence-corrected chi connectivity index (χ4v) is 7.66. The molecule has 10 heteroatoms. The number of fused-ring (bicyclic) bond motifs is 3. The van der Waals surface area contributed by atoms with Crippen LogP contribution in [0, 0.1) is 5.92 Å². The van der Waals surface area contributed by atoms with Crippen molar-refractivity contribution >= 4 is 40.7 Å². The summed E-state index contributed by atoms with van der Waals surface area (Å²) in [5.41, 5.74) is 2.44.